The van der Waals surface area contributed by atoms with Crippen LogP contribution in [0, 0.1) is 0 Å². The second-order valence-corrected chi connectivity index (χ2v) is 4.65. The molecule has 0 fully saturated rings. The monoisotopic (exact) mass is 264 g/mol. The lowest BCUT2D eigenvalue weighted by Crippen LogP contribution is -2.08. The fraction of sp³-hybridized carbons (Fsp3) is 0.125. The lowest BCUT2D eigenvalue weighted by Gasteiger charge is -2.16. The molecule has 0 radical (unpaired) electrons. The molecule has 4 heteroatoms. The average molecular weight is 264 g/mol. The molecule has 0 amide bonds. The van der Waals surface area contributed by atoms with Gasteiger partial charge in [0.05, 0.1) is 12.4 Å². The van der Waals surface area contributed by atoms with Crippen molar-refractivity contribution in [2.75, 3.05) is 5.32 Å². The highest BCUT2D eigenvalue weighted by Crippen LogP contribution is 2.20. The number of rotatable bonds is 4. The van der Waals surface area contributed by atoms with E-state index in [1.54, 1.807) is 18.7 Å². The smallest absolute Gasteiger partial charge is 0.126 e. The number of nitrogens with one attached hydrogen (secondary N) is 1. The zero-order valence-corrected chi connectivity index (χ0v) is 11.3. The summed E-state index contributed by atoms with van der Waals surface area (Å²) < 4.78 is 2.00. The van der Waals surface area contributed by atoms with Crippen LogP contribution in [-0.4, -0.2) is 14.5 Å². The van der Waals surface area contributed by atoms with Gasteiger partial charge in [-0.3, -0.25) is 0 Å². The minimum Gasteiger partial charge on any atom is -0.364 e. The highest BCUT2D eigenvalue weighted by atomic mass is 15.0. The van der Waals surface area contributed by atoms with Crippen molar-refractivity contribution in [1.82, 2.24) is 14.5 Å². The molecule has 0 unspecified atom stereocenters. The molecule has 0 saturated carbocycles. The number of pyridine rings is 1. The zero-order valence-electron chi connectivity index (χ0n) is 11.3. The van der Waals surface area contributed by atoms with Crippen LogP contribution < -0.4 is 5.32 Å². The largest absolute Gasteiger partial charge is 0.364 e. The van der Waals surface area contributed by atoms with E-state index in [9.17, 15) is 0 Å². The second kappa shape index (κ2) is 5.57. The van der Waals surface area contributed by atoms with Gasteiger partial charge in [0.15, 0.2) is 0 Å². The molecule has 100 valence electrons. The fourth-order valence-corrected chi connectivity index (χ4v) is 2.12. The lowest BCUT2D eigenvalue weighted by molar-refractivity contribution is 0.870. The summed E-state index contributed by atoms with van der Waals surface area (Å²) in [6.07, 6.45) is 7.31. The Morgan fingerprint density at radius 3 is 2.80 bits per heavy atom. The standard InChI is InChI=1S/C16H16N4/c1-13(19-16-7-2-3-8-18-16)14-5-4-6-15(11-14)20-10-9-17-12-20/h2-13H,1H3,(H,18,19)/t13-/m1/s1. The minimum atomic E-state index is 0.188. The van der Waals surface area contributed by atoms with Crippen LogP contribution in [-0.2, 0) is 0 Å². The van der Waals surface area contributed by atoms with Gasteiger partial charge in [-0.2, -0.15) is 0 Å². The first-order valence-corrected chi connectivity index (χ1v) is 6.59. The summed E-state index contributed by atoms with van der Waals surface area (Å²) in [4.78, 5) is 8.37. The maximum Gasteiger partial charge on any atom is 0.126 e. The highest BCUT2D eigenvalue weighted by molar-refractivity contribution is 5.41. The van der Waals surface area contributed by atoms with E-state index in [-0.39, 0.29) is 6.04 Å². The van der Waals surface area contributed by atoms with Crippen molar-refractivity contribution >= 4 is 5.82 Å². The van der Waals surface area contributed by atoms with Crippen LogP contribution in [0.3, 0.4) is 0 Å². The van der Waals surface area contributed by atoms with E-state index in [2.05, 4.69) is 46.5 Å². The number of nitrogens with zero attached hydrogens (tertiary/aromatic N) is 3. The second-order valence-electron chi connectivity index (χ2n) is 4.65. The molecular formula is C16H16N4. The molecule has 3 rings (SSSR count). The normalized spacial score (nSPS) is 12.1. The molecule has 0 aliphatic rings. The number of imidazole rings is 1. The predicted molar refractivity (Wildman–Crippen MR) is 79.8 cm³/mol. The van der Waals surface area contributed by atoms with Crippen LogP contribution in [0.25, 0.3) is 5.69 Å². The molecule has 1 N–H and O–H groups in total. The van der Waals surface area contributed by atoms with Crippen LogP contribution in [0.4, 0.5) is 5.82 Å². The third-order valence-corrected chi connectivity index (χ3v) is 3.20. The Morgan fingerprint density at radius 2 is 2.05 bits per heavy atom. The molecule has 0 aliphatic heterocycles. The van der Waals surface area contributed by atoms with Crippen LogP contribution in [0.15, 0.2) is 67.4 Å². The summed E-state index contributed by atoms with van der Waals surface area (Å²) in [5.74, 6) is 0.882. The van der Waals surface area contributed by atoms with Crippen molar-refractivity contribution in [3.8, 4) is 5.69 Å². The maximum absolute atomic E-state index is 4.29. The van der Waals surface area contributed by atoms with Crippen molar-refractivity contribution in [3.63, 3.8) is 0 Å². The first kappa shape index (κ1) is 12.4. The van der Waals surface area contributed by atoms with E-state index in [0.29, 0.717) is 0 Å². The third-order valence-electron chi connectivity index (χ3n) is 3.20. The number of benzene rings is 1. The maximum atomic E-state index is 4.29. The fourth-order valence-electron chi connectivity index (χ4n) is 2.12. The molecular weight excluding hydrogens is 248 g/mol. The van der Waals surface area contributed by atoms with Crippen LogP contribution >= 0.6 is 0 Å². The molecule has 1 atom stereocenters. The van der Waals surface area contributed by atoms with Gasteiger partial charge in [-0.1, -0.05) is 18.2 Å². The molecule has 3 aromatic rings. The molecule has 1 aromatic carbocycles. The minimum absolute atomic E-state index is 0.188. The van der Waals surface area contributed by atoms with Gasteiger partial charge in [-0.05, 0) is 36.8 Å². The Balaban J connectivity index is 1.82. The lowest BCUT2D eigenvalue weighted by atomic mass is 10.1. The van der Waals surface area contributed by atoms with Crippen LogP contribution in [0.1, 0.15) is 18.5 Å². The summed E-state index contributed by atoms with van der Waals surface area (Å²) in [6, 6.07) is 14.4. The van der Waals surface area contributed by atoms with Crippen LogP contribution in [0.5, 0.6) is 0 Å². The Bertz CT molecular complexity index is 662. The van der Waals surface area contributed by atoms with Crippen molar-refractivity contribution < 1.29 is 0 Å². The summed E-state index contributed by atoms with van der Waals surface area (Å²) in [5.41, 5.74) is 2.32. The Kier molecular flexibility index (Phi) is 3.46. The quantitative estimate of drug-likeness (QED) is 0.785. The van der Waals surface area contributed by atoms with Crippen molar-refractivity contribution in [2.24, 2.45) is 0 Å². The zero-order chi connectivity index (χ0) is 13.8. The van der Waals surface area contributed by atoms with Gasteiger partial charge in [0, 0.05) is 24.3 Å². The van der Waals surface area contributed by atoms with Gasteiger partial charge in [0.1, 0.15) is 5.82 Å². The van der Waals surface area contributed by atoms with Gasteiger partial charge in [0.2, 0.25) is 0 Å². The number of hydrogen-bond acceptors (Lipinski definition) is 3. The summed E-state index contributed by atoms with van der Waals surface area (Å²) in [7, 11) is 0. The average Bonchev–Trinajstić information content (AvgIpc) is 3.03. The van der Waals surface area contributed by atoms with E-state index in [0.717, 1.165) is 11.5 Å². The van der Waals surface area contributed by atoms with E-state index in [4.69, 9.17) is 0 Å². The first-order valence-electron chi connectivity index (χ1n) is 6.59. The SMILES string of the molecule is C[C@@H](Nc1ccccn1)c1cccc(-n2ccnc2)c1. The molecule has 2 aromatic heterocycles. The van der Waals surface area contributed by atoms with Crippen molar-refractivity contribution in [1.29, 1.82) is 0 Å². The Labute approximate surface area is 118 Å². The first-order chi connectivity index (χ1) is 9.83. The highest BCUT2D eigenvalue weighted by Gasteiger charge is 2.07. The van der Waals surface area contributed by atoms with Gasteiger partial charge in [-0.25, -0.2) is 9.97 Å². The summed E-state index contributed by atoms with van der Waals surface area (Å²) >= 11 is 0. The number of hydrogen-bond donors (Lipinski definition) is 1. The molecule has 0 bridgehead atoms. The molecule has 20 heavy (non-hydrogen) atoms. The topological polar surface area (TPSA) is 42.7 Å². The van der Waals surface area contributed by atoms with Crippen molar-refractivity contribution in [2.45, 2.75) is 13.0 Å². The van der Waals surface area contributed by atoms with E-state index >= 15 is 0 Å². The number of anilines is 1. The van der Waals surface area contributed by atoms with Crippen molar-refractivity contribution in [3.05, 3.63) is 72.9 Å². The summed E-state index contributed by atoms with van der Waals surface area (Å²) in [5, 5.41) is 3.39. The Morgan fingerprint density at radius 1 is 1.10 bits per heavy atom. The molecule has 4 nitrogen and oxygen atoms in total. The predicted octanol–water partition coefficient (Wildman–Crippen LogP) is 3.44. The van der Waals surface area contributed by atoms with E-state index < -0.39 is 0 Å². The molecule has 0 spiro atoms. The van der Waals surface area contributed by atoms with E-state index in [1.807, 2.05) is 29.0 Å². The van der Waals surface area contributed by atoms with Gasteiger partial charge in [-0.15, -0.1) is 0 Å². The summed E-state index contributed by atoms with van der Waals surface area (Å²) in [6.45, 7) is 2.13. The van der Waals surface area contributed by atoms with Gasteiger partial charge >= 0.3 is 0 Å². The third kappa shape index (κ3) is 2.69. The van der Waals surface area contributed by atoms with Gasteiger partial charge < -0.3 is 9.88 Å². The van der Waals surface area contributed by atoms with E-state index in [1.165, 1.54) is 5.56 Å². The molecule has 2 heterocycles. The molecule has 0 aliphatic carbocycles. The molecule has 0 saturated heterocycles. The number of aromatic nitrogens is 3. The van der Waals surface area contributed by atoms with Crippen LogP contribution in [0.2, 0.25) is 0 Å². The van der Waals surface area contributed by atoms with Gasteiger partial charge in [0.25, 0.3) is 0 Å². The Hall–Kier alpha value is -2.62.